The van der Waals surface area contributed by atoms with E-state index in [0.29, 0.717) is 0 Å². The molecule has 5 nitrogen and oxygen atoms in total. The Bertz CT molecular complexity index is 2290. The standard InChI is InChI=1S/C33H17N3O2/c1-2-7-19-18(6-1)20-8-3-9-21-22-13-14-26-28-30(22)36(29(20)21)31-23(19)11-5-15-34(31)33(28)27-24(10-4-12-25(27)38-26)32-35(33)16-17-37-32/h1-17H/q+2. The molecule has 0 bridgehead atoms. The number of benzene rings is 4. The summed E-state index contributed by atoms with van der Waals surface area (Å²) in [5, 5.41) is 2.49. The summed E-state index contributed by atoms with van der Waals surface area (Å²) in [4.78, 5) is 0. The van der Waals surface area contributed by atoms with Crippen LogP contribution in [-0.2, 0) is 5.66 Å². The van der Waals surface area contributed by atoms with E-state index in [1.54, 1.807) is 6.26 Å². The van der Waals surface area contributed by atoms with Gasteiger partial charge < -0.3 is 9.15 Å². The lowest BCUT2D eigenvalue weighted by Gasteiger charge is -2.33. The lowest BCUT2D eigenvalue weighted by molar-refractivity contribution is -0.962. The van der Waals surface area contributed by atoms with Gasteiger partial charge in [0.25, 0.3) is 0 Å². The molecular weight excluding hydrogens is 470 g/mol. The summed E-state index contributed by atoms with van der Waals surface area (Å²) >= 11 is 0. The van der Waals surface area contributed by atoms with Crippen molar-refractivity contribution in [2.24, 2.45) is 0 Å². The van der Waals surface area contributed by atoms with Gasteiger partial charge in [-0.3, -0.25) is 0 Å². The number of hydrogen-bond donors (Lipinski definition) is 0. The van der Waals surface area contributed by atoms with E-state index >= 15 is 0 Å². The van der Waals surface area contributed by atoms with Crippen molar-refractivity contribution in [1.29, 1.82) is 0 Å². The van der Waals surface area contributed by atoms with Crippen molar-refractivity contribution in [2.75, 3.05) is 0 Å². The van der Waals surface area contributed by atoms with Gasteiger partial charge in [0.2, 0.25) is 6.20 Å². The van der Waals surface area contributed by atoms with Crippen LogP contribution in [0.5, 0.6) is 11.5 Å². The van der Waals surface area contributed by atoms with Crippen LogP contribution in [0.25, 0.3) is 61.3 Å². The van der Waals surface area contributed by atoms with Gasteiger partial charge in [-0.15, -0.1) is 4.57 Å². The highest BCUT2D eigenvalue weighted by molar-refractivity contribution is 6.17. The Morgan fingerprint density at radius 1 is 0.579 bits per heavy atom. The van der Waals surface area contributed by atoms with Gasteiger partial charge in [-0.1, -0.05) is 42.5 Å². The van der Waals surface area contributed by atoms with E-state index in [-0.39, 0.29) is 0 Å². The molecule has 0 fully saturated rings. The van der Waals surface area contributed by atoms with Crippen molar-refractivity contribution in [3.05, 3.63) is 115 Å². The topological polar surface area (TPSA) is 35.1 Å². The first-order valence-electron chi connectivity index (χ1n) is 12.9. The van der Waals surface area contributed by atoms with Crippen molar-refractivity contribution >= 4 is 21.8 Å². The van der Waals surface area contributed by atoms with E-state index in [2.05, 4.69) is 111 Å². The van der Waals surface area contributed by atoms with Gasteiger partial charge in [-0.05, 0) is 53.6 Å². The highest BCUT2D eigenvalue weighted by Crippen LogP contribution is 2.58. The Labute approximate surface area is 216 Å². The van der Waals surface area contributed by atoms with Crippen molar-refractivity contribution in [2.45, 2.75) is 5.66 Å². The molecule has 5 heteroatoms. The maximum absolute atomic E-state index is 6.70. The zero-order valence-electron chi connectivity index (χ0n) is 20.0. The fourth-order valence-electron chi connectivity index (χ4n) is 7.86. The van der Waals surface area contributed by atoms with Crippen LogP contribution in [0.4, 0.5) is 0 Å². The largest absolute Gasteiger partial charge is 0.456 e. The minimum Gasteiger partial charge on any atom is -0.456 e. The molecule has 3 aromatic heterocycles. The molecule has 7 heterocycles. The van der Waals surface area contributed by atoms with E-state index in [1.807, 2.05) is 0 Å². The average Bonchev–Trinajstić information content (AvgIpc) is 3.63. The fourth-order valence-corrected chi connectivity index (χ4v) is 7.86. The van der Waals surface area contributed by atoms with Crippen LogP contribution >= 0.6 is 0 Å². The van der Waals surface area contributed by atoms with Gasteiger partial charge in [0, 0.05) is 16.3 Å². The van der Waals surface area contributed by atoms with Crippen LogP contribution in [-0.4, -0.2) is 4.57 Å². The number of ether oxygens (including phenoxy) is 1. The number of fused-ring (bicyclic) bond motifs is 6. The molecule has 174 valence electrons. The fraction of sp³-hybridized carbons (Fsp3) is 0.0303. The Balaban J connectivity index is 1.52. The second-order valence-electron chi connectivity index (χ2n) is 10.6. The Morgan fingerprint density at radius 2 is 1.34 bits per heavy atom. The highest BCUT2D eigenvalue weighted by Gasteiger charge is 2.69. The summed E-state index contributed by atoms with van der Waals surface area (Å²) in [6, 6.07) is 30.6. The maximum Gasteiger partial charge on any atom is 0.385 e. The smallest absolute Gasteiger partial charge is 0.385 e. The molecule has 38 heavy (non-hydrogen) atoms. The molecule has 0 aliphatic carbocycles. The van der Waals surface area contributed by atoms with Crippen LogP contribution in [0, 0.1) is 0 Å². The second-order valence-corrected chi connectivity index (χ2v) is 10.6. The van der Waals surface area contributed by atoms with Crippen LogP contribution in [0.2, 0.25) is 0 Å². The summed E-state index contributed by atoms with van der Waals surface area (Å²) in [6.07, 6.45) is 6.11. The first-order chi connectivity index (χ1) is 18.9. The first-order valence-corrected chi connectivity index (χ1v) is 12.9. The number of rotatable bonds is 0. The zero-order chi connectivity index (χ0) is 24.3. The Kier molecular flexibility index (Phi) is 2.65. The minimum atomic E-state index is -0.670. The highest BCUT2D eigenvalue weighted by atomic mass is 16.5. The van der Waals surface area contributed by atoms with Crippen molar-refractivity contribution < 1.29 is 18.3 Å². The predicted molar refractivity (Wildman–Crippen MR) is 141 cm³/mol. The third-order valence-corrected chi connectivity index (χ3v) is 9.08. The van der Waals surface area contributed by atoms with E-state index < -0.39 is 5.66 Å². The molecule has 1 spiro atoms. The van der Waals surface area contributed by atoms with E-state index in [4.69, 9.17) is 9.15 Å². The summed E-state index contributed by atoms with van der Waals surface area (Å²) < 4.78 is 20.1. The molecule has 1 atom stereocenters. The summed E-state index contributed by atoms with van der Waals surface area (Å²) in [7, 11) is 0. The summed E-state index contributed by atoms with van der Waals surface area (Å²) in [6.45, 7) is 0. The monoisotopic (exact) mass is 487 g/mol. The molecule has 1 unspecified atom stereocenters. The van der Waals surface area contributed by atoms with E-state index in [0.717, 1.165) is 34.1 Å². The average molecular weight is 488 g/mol. The normalized spacial score (nSPS) is 17.8. The van der Waals surface area contributed by atoms with Gasteiger partial charge in [0.05, 0.1) is 11.8 Å². The van der Waals surface area contributed by atoms with E-state index in [9.17, 15) is 0 Å². The maximum atomic E-state index is 6.70. The van der Waals surface area contributed by atoms with Gasteiger partial charge in [0.15, 0.2) is 17.3 Å². The van der Waals surface area contributed by atoms with Crippen LogP contribution < -0.4 is 13.9 Å². The SMILES string of the molecule is c1ccc2c(c1)-c1ccc[n+]3c1-n1c4c-2cccc4c2ccc4c(c21)C31c2c(cccc2-c2occ[n+]21)O4. The van der Waals surface area contributed by atoms with Crippen LogP contribution in [0.15, 0.2) is 108 Å². The molecule has 0 saturated carbocycles. The van der Waals surface area contributed by atoms with Gasteiger partial charge >= 0.3 is 17.4 Å². The Hall–Kier alpha value is -5.16. The summed E-state index contributed by atoms with van der Waals surface area (Å²) in [5.41, 5.74) is 10.1. The summed E-state index contributed by atoms with van der Waals surface area (Å²) in [5.74, 6) is 3.77. The molecule has 11 rings (SSSR count). The number of aromatic nitrogens is 3. The number of para-hydroxylation sites is 1. The zero-order valence-corrected chi connectivity index (χ0v) is 20.0. The number of oxazole rings is 1. The second kappa shape index (κ2) is 5.55. The third kappa shape index (κ3) is 1.60. The quantitative estimate of drug-likeness (QED) is 0.236. The van der Waals surface area contributed by atoms with Gasteiger partial charge in [-0.2, -0.15) is 9.13 Å². The van der Waals surface area contributed by atoms with Gasteiger partial charge in [-0.25, -0.2) is 0 Å². The van der Waals surface area contributed by atoms with Crippen LogP contribution in [0.3, 0.4) is 0 Å². The molecular formula is C33H17N3O2+2. The van der Waals surface area contributed by atoms with Crippen molar-refractivity contribution in [3.8, 4) is 51.0 Å². The molecule has 0 radical (unpaired) electrons. The number of hydrogen-bond acceptors (Lipinski definition) is 2. The van der Waals surface area contributed by atoms with Crippen molar-refractivity contribution in [1.82, 2.24) is 4.57 Å². The first kappa shape index (κ1) is 18.1. The van der Waals surface area contributed by atoms with Gasteiger partial charge in [0.1, 0.15) is 28.1 Å². The Morgan fingerprint density at radius 3 is 2.29 bits per heavy atom. The molecule has 0 amide bonds. The predicted octanol–water partition coefficient (Wildman–Crippen LogP) is 6.30. The van der Waals surface area contributed by atoms with E-state index in [1.165, 1.54) is 49.9 Å². The van der Waals surface area contributed by atoms with Crippen molar-refractivity contribution in [3.63, 3.8) is 0 Å². The third-order valence-electron chi connectivity index (χ3n) is 9.08. The molecule has 7 aromatic rings. The number of pyridine rings is 1. The molecule has 4 aliphatic heterocycles. The van der Waals surface area contributed by atoms with Crippen LogP contribution in [0.1, 0.15) is 11.1 Å². The lowest BCUT2D eigenvalue weighted by Crippen LogP contribution is -2.75. The number of nitrogens with zero attached hydrogens (tertiary/aromatic N) is 3. The molecule has 4 aliphatic rings. The molecule has 4 aromatic carbocycles. The molecule has 0 N–H and O–H groups in total. The molecule has 0 saturated heterocycles. The lowest BCUT2D eigenvalue weighted by atomic mass is 9.83. The minimum absolute atomic E-state index is 0.670.